The van der Waals surface area contributed by atoms with Crippen molar-refractivity contribution in [3.05, 3.63) is 35.4 Å². The molecule has 1 aromatic carbocycles. The van der Waals surface area contributed by atoms with Crippen molar-refractivity contribution in [1.29, 1.82) is 0 Å². The van der Waals surface area contributed by atoms with Crippen molar-refractivity contribution in [3.63, 3.8) is 0 Å². The monoisotopic (exact) mass is 428 g/mol. The number of piperidine rings is 2. The van der Waals surface area contributed by atoms with Gasteiger partial charge in [-0.15, -0.1) is 0 Å². The van der Waals surface area contributed by atoms with E-state index in [4.69, 9.17) is 9.47 Å². The molecule has 31 heavy (non-hydrogen) atoms. The van der Waals surface area contributed by atoms with Crippen molar-refractivity contribution >= 4 is 11.9 Å². The molecular weight excluding hydrogens is 392 g/mol. The smallest absolute Gasteiger partial charge is 0.310 e. The fourth-order valence-electron chi connectivity index (χ4n) is 5.22. The maximum Gasteiger partial charge on any atom is 0.310 e. The highest BCUT2D eigenvalue weighted by Crippen LogP contribution is 2.31. The van der Waals surface area contributed by atoms with Gasteiger partial charge in [-0.05, 0) is 63.3 Å². The molecule has 1 aromatic rings. The molecule has 1 atom stereocenters. The summed E-state index contributed by atoms with van der Waals surface area (Å²) in [5.41, 5.74) is 2.29. The summed E-state index contributed by atoms with van der Waals surface area (Å²) in [6, 6.07) is 8.58. The van der Waals surface area contributed by atoms with E-state index >= 15 is 0 Å². The molecule has 1 unspecified atom stereocenters. The second kappa shape index (κ2) is 9.70. The Morgan fingerprint density at radius 1 is 1.10 bits per heavy atom. The van der Waals surface area contributed by atoms with Crippen LogP contribution in [0.2, 0.25) is 0 Å². The minimum absolute atomic E-state index is 0.000587. The molecule has 0 aliphatic carbocycles. The van der Waals surface area contributed by atoms with Crippen molar-refractivity contribution in [1.82, 2.24) is 9.80 Å². The molecule has 3 aliphatic rings. The van der Waals surface area contributed by atoms with Crippen molar-refractivity contribution < 1.29 is 19.1 Å². The van der Waals surface area contributed by atoms with Crippen LogP contribution in [0, 0.1) is 11.3 Å². The number of ether oxygens (including phenoxy) is 2. The third-order valence-corrected chi connectivity index (χ3v) is 7.07. The van der Waals surface area contributed by atoms with Crippen LogP contribution < -0.4 is 0 Å². The van der Waals surface area contributed by atoms with Crippen molar-refractivity contribution in [2.75, 3.05) is 46.0 Å². The molecule has 0 aromatic heterocycles. The average Bonchev–Trinajstić information content (AvgIpc) is 2.78. The van der Waals surface area contributed by atoms with E-state index in [2.05, 4.69) is 24.0 Å². The maximum absolute atomic E-state index is 13.0. The van der Waals surface area contributed by atoms with Crippen LogP contribution in [0.4, 0.5) is 0 Å². The highest BCUT2D eigenvalue weighted by atomic mass is 16.5. The molecule has 3 fully saturated rings. The van der Waals surface area contributed by atoms with Crippen molar-refractivity contribution in [3.8, 4) is 0 Å². The first-order valence-corrected chi connectivity index (χ1v) is 11.8. The number of carbonyl (C=O) groups excluding carboxylic acids is 2. The van der Waals surface area contributed by atoms with Crippen LogP contribution in [0.15, 0.2) is 24.3 Å². The van der Waals surface area contributed by atoms with Gasteiger partial charge in [-0.1, -0.05) is 19.1 Å². The fourth-order valence-corrected chi connectivity index (χ4v) is 5.22. The summed E-state index contributed by atoms with van der Waals surface area (Å²) >= 11 is 0. The lowest BCUT2D eigenvalue weighted by molar-refractivity contribution is -0.150. The first-order chi connectivity index (χ1) is 15.0. The maximum atomic E-state index is 13.0. The minimum atomic E-state index is -0.0536. The van der Waals surface area contributed by atoms with Crippen LogP contribution >= 0.6 is 0 Å². The molecule has 3 aliphatic heterocycles. The lowest BCUT2D eigenvalue weighted by atomic mass is 9.82. The molecular formula is C25H36N2O4. The third kappa shape index (κ3) is 5.29. The second-order valence-electron chi connectivity index (χ2n) is 9.79. The van der Waals surface area contributed by atoms with E-state index in [1.807, 2.05) is 24.0 Å². The molecule has 6 nitrogen and oxygen atoms in total. The lowest BCUT2D eigenvalue weighted by Gasteiger charge is -2.41. The molecule has 3 saturated heterocycles. The van der Waals surface area contributed by atoms with E-state index in [0.717, 1.165) is 77.1 Å². The van der Waals surface area contributed by atoms with Gasteiger partial charge >= 0.3 is 5.97 Å². The Balaban J connectivity index is 1.27. The molecule has 0 N–H and O–H groups in total. The summed E-state index contributed by atoms with van der Waals surface area (Å²) in [5, 5.41) is 0. The van der Waals surface area contributed by atoms with Gasteiger partial charge in [0.15, 0.2) is 0 Å². The zero-order valence-electron chi connectivity index (χ0n) is 19.0. The predicted molar refractivity (Wildman–Crippen MR) is 119 cm³/mol. The predicted octanol–water partition coefficient (Wildman–Crippen LogP) is 3.15. The quantitative estimate of drug-likeness (QED) is 0.652. The number of hydrogen-bond acceptors (Lipinski definition) is 5. The highest BCUT2D eigenvalue weighted by Gasteiger charge is 2.34. The molecule has 0 spiro atoms. The van der Waals surface area contributed by atoms with Crippen LogP contribution in [0.25, 0.3) is 0 Å². The third-order valence-electron chi connectivity index (χ3n) is 7.07. The number of benzene rings is 1. The van der Waals surface area contributed by atoms with Crippen LogP contribution in [0.1, 0.15) is 55.5 Å². The molecule has 6 heteroatoms. The minimum Gasteiger partial charge on any atom is -0.466 e. The first kappa shape index (κ1) is 22.3. The number of likely N-dealkylation sites (tertiary alicyclic amines) is 2. The summed E-state index contributed by atoms with van der Waals surface area (Å²) in [4.78, 5) is 29.6. The van der Waals surface area contributed by atoms with Gasteiger partial charge in [0.05, 0.1) is 25.7 Å². The van der Waals surface area contributed by atoms with Gasteiger partial charge < -0.3 is 14.4 Å². The van der Waals surface area contributed by atoms with E-state index in [1.54, 1.807) is 0 Å². The number of amides is 1. The van der Waals surface area contributed by atoms with E-state index in [1.165, 1.54) is 5.56 Å². The molecule has 0 saturated carbocycles. The van der Waals surface area contributed by atoms with Gasteiger partial charge in [-0.25, -0.2) is 0 Å². The summed E-state index contributed by atoms with van der Waals surface area (Å²) in [6.45, 7) is 9.59. The lowest BCUT2D eigenvalue weighted by Crippen LogP contribution is -2.50. The number of nitrogens with zero attached hydrogens (tertiary/aromatic N) is 2. The standard InChI is InChI=1S/C25H36N2O4/c1-3-31-24(29)21-5-4-12-27(16-21)22-10-13-26(14-11-22)23(28)20-8-6-19(7-9-20)15-25(2)17-30-18-25/h6-9,21-22H,3-5,10-18H2,1-2H3. The molecule has 3 heterocycles. The Labute approximate surface area is 185 Å². The molecule has 0 bridgehead atoms. The molecule has 0 radical (unpaired) electrons. The van der Waals surface area contributed by atoms with Gasteiger partial charge in [0.2, 0.25) is 0 Å². The van der Waals surface area contributed by atoms with E-state index in [-0.39, 0.29) is 23.2 Å². The topological polar surface area (TPSA) is 59.1 Å². The first-order valence-electron chi connectivity index (χ1n) is 11.8. The van der Waals surface area contributed by atoms with Crippen LogP contribution in [-0.2, 0) is 20.7 Å². The zero-order valence-corrected chi connectivity index (χ0v) is 19.0. The number of rotatable bonds is 6. The van der Waals surface area contributed by atoms with Crippen LogP contribution in [-0.4, -0.2) is 73.7 Å². The van der Waals surface area contributed by atoms with Gasteiger partial charge in [0, 0.05) is 36.7 Å². The van der Waals surface area contributed by atoms with E-state index < -0.39 is 0 Å². The Kier molecular flexibility index (Phi) is 6.97. The average molecular weight is 429 g/mol. The summed E-state index contributed by atoms with van der Waals surface area (Å²) in [5.74, 6) is 0.0777. The number of hydrogen-bond donors (Lipinski definition) is 0. The van der Waals surface area contributed by atoms with Gasteiger partial charge in [0.25, 0.3) is 5.91 Å². The van der Waals surface area contributed by atoms with Gasteiger partial charge in [-0.2, -0.15) is 0 Å². The Morgan fingerprint density at radius 2 is 1.81 bits per heavy atom. The second-order valence-corrected chi connectivity index (χ2v) is 9.79. The van der Waals surface area contributed by atoms with E-state index in [9.17, 15) is 9.59 Å². The van der Waals surface area contributed by atoms with E-state index in [0.29, 0.717) is 12.6 Å². The van der Waals surface area contributed by atoms with Gasteiger partial charge in [0.1, 0.15) is 0 Å². The van der Waals surface area contributed by atoms with Crippen LogP contribution in [0.5, 0.6) is 0 Å². The largest absolute Gasteiger partial charge is 0.466 e. The molecule has 4 rings (SSSR count). The summed E-state index contributed by atoms with van der Waals surface area (Å²) < 4.78 is 10.6. The Morgan fingerprint density at radius 3 is 2.42 bits per heavy atom. The normalized spacial score (nSPS) is 24.5. The Hall–Kier alpha value is -1.92. The number of esters is 1. The molecule has 170 valence electrons. The highest BCUT2D eigenvalue weighted by molar-refractivity contribution is 5.94. The van der Waals surface area contributed by atoms with Crippen LogP contribution in [0.3, 0.4) is 0 Å². The fraction of sp³-hybridized carbons (Fsp3) is 0.680. The van der Waals surface area contributed by atoms with Crippen molar-refractivity contribution in [2.24, 2.45) is 11.3 Å². The Bertz CT molecular complexity index is 766. The van der Waals surface area contributed by atoms with Crippen molar-refractivity contribution in [2.45, 2.75) is 52.0 Å². The number of carbonyl (C=O) groups is 2. The van der Waals surface area contributed by atoms with Gasteiger partial charge in [-0.3, -0.25) is 14.5 Å². The SMILES string of the molecule is CCOC(=O)C1CCCN(C2CCN(C(=O)c3ccc(CC4(C)COC4)cc3)CC2)C1. The molecule has 1 amide bonds. The zero-order chi connectivity index (χ0) is 21.8. The summed E-state index contributed by atoms with van der Waals surface area (Å²) in [6.07, 6.45) is 4.90. The summed E-state index contributed by atoms with van der Waals surface area (Å²) in [7, 11) is 0.